The van der Waals surface area contributed by atoms with Crippen molar-refractivity contribution < 1.29 is 0 Å². The van der Waals surface area contributed by atoms with E-state index in [1.807, 2.05) is 11.3 Å². The molecular weight excluding hydrogens is 819 g/mol. The zero-order chi connectivity index (χ0) is 44.1. The number of aromatic nitrogens is 1. The van der Waals surface area contributed by atoms with E-state index in [2.05, 4.69) is 265 Å². The minimum absolute atomic E-state index is 1.08. The minimum atomic E-state index is 1.08. The molecule has 4 heteroatoms. The van der Waals surface area contributed by atoms with Gasteiger partial charge in [0.1, 0.15) is 0 Å². The van der Waals surface area contributed by atoms with Gasteiger partial charge in [-0.2, -0.15) is 0 Å². The van der Waals surface area contributed by atoms with Crippen LogP contribution < -0.4 is 9.80 Å². The van der Waals surface area contributed by atoms with Crippen LogP contribution in [0.3, 0.4) is 0 Å². The van der Waals surface area contributed by atoms with Crippen molar-refractivity contribution in [1.82, 2.24) is 4.57 Å². The SMILES string of the molecule is Cc1ccccc1-c1cc2c(cc1C)c1ccc(N(c3ccccc3)c3ccccc3-c3ccc(N(c4ccccc4)c4ccc5sc6ccccc6c5c4)cc3)cc1n2-c1ccccc1. The lowest BCUT2D eigenvalue weighted by molar-refractivity contribution is 1.18. The fourth-order valence-corrected chi connectivity index (χ4v) is 11.0. The Balaban J connectivity index is 0.997. The molecule has 0 radical (unpaired) electrons. The van der Waals surface area contributed by atoms with Crippen molar-refractivity contribution in [3.05, 3.63) is 248 Å². The summed E-state index contributed by atoms with van der Waals surface area (Å²) in [5, 5.41) is 5.05. The summed E-state index contributed by atoms with van der Waals surface area (Å²) in [5.74, 6) is 0. The molecule has 2 aromatic heterocycles. The normalized spacial score (nSPS) is 11.5. The van der Waals surface area contributed by atoms with Crippen LogP contribution in [0, 0.1) is 13.8 Å². The molecule has 0 saturated heterocycles. The van der Waals surface area contributed by atoms with Crippen molar-refractivity contribution in [3.63, 3.8) is 0 Å². The minimum Gasteiger partial charge on any atom is -0.310 e. The first-order valence-corrected chi connectivity index (χ1v) is 23.4. The number of fused-ring (bicyclic) bond motifs is 6. The molecule has 0 aliphatic heterocycles. The third kappa shape index (κ3) is 6.82. The van der Waals surface area contributed by atoms with E-state index in [4.69, 9.17) is 0 Å². The van der Waals surface area contributed by atoms with Crippen molar-refractivity contribution in [2.45, 2.75) is 13.8 Å². The van der Waals surface area contributed by atoms with Gasteiger partial charge in [0.25, 0.3) is 0 Å². The molecule has 0 N–H and O–H groups in total. The standard InChI is InChI=1S/C62H45N3S/c1-42-18-12-13-25-51(42)55-41-60-56(38-43(55)2)53-36-34-50(40-59(53)65(60)47-23-10-5-11-24-47)64(46-21-8-4-9-22-46)58-28-16-14-26-52(58)44-30-32-48(33-31-44)63(45-19-6-3-7-20-45)49-35-37-62-57(39-49)54-27-15-17-29-61(54)66-62/h3-41H,1-2H3. The lowest BCUT2D eigenvalue weighted by atomic mass is 9.95. The summed E-state index contributed by atoms with van der Waals surface area (Å²) in [7, 11) is 0. The van der Waals surface area contributed by atoms with Crippen LogP contribution in [-0.4, -0.2) is 4.57 Å². The zero-order valence-corrected chi connectivity index (χ0v) is 37.6. The Labute approximate surface area is 389 Å². The van der Waals surface area contributed by atoms with E-state index in [-0.39, 0.29) is 0 Å². The number of para-hydroxylation sites is 4. The monoisotopic (exact) mass is 863 g/mol. The topological polar surface area (TPSA) is 11.4 Å². The van der Waals surface area contributed by atoms with Gasteiger partial charge in [0.2, 0.25) is 0 Å². The van der Waals surface area contributed by atoms with Gasteiger partial charge >= 0.3 is 0 Å². The lowest BCUT2D eigenvalue weighted by Crippen LogP contribution is -2.11. The second-order valence-corrected chi connectivity index (χ2v) is 18.1. The molecule has 0 saturated carbocycles. The molecule has 0 aliphatic carbocycles. The predicted octanol–water partition coefficient (Wildman–Crippen LogP) is 18.0. The summed E-state index contributed by atoms with van der Waals surface area (Å²) in [6, 6.07) is 86.2. The van der Waals surface area contributed by atoms with Crippen LogP contribution in [0.15, 0.2) is 237 Å². The van der Waals surface area contributed by atoms with E-state index in [1.54, 1.807) is 0 Å². The second-order valence-electron chi connectivity index (χ2n) is 17.1. The average molecular weight is 864 g/mol. The van der Waals surface area contributed by atoms with Crippen molar-refractivity contribution in [1.29, 1.82) is 0 Å². The maximum Gasteiger partial charge on any atom is 0.0561 e. The highest BCUT2D eigenvalue weighted by Gasteiger charge is 2.22. The third-order valence-corrected chi connectivity index (χ3v) is 14.2. The fraction of sp³-hybridized carbons (Fsp3) is 0.0323. The Morgan fingerprint density at radius 2 is 0.894 bits per heavy atom. The molecule has 0 spiro atoms. The van der Waals surface area contributed by atoms with Gasteiger partial charge in [-0.05, 0) is 145 Å². The van der Waals surface area contributed by atoms with E-state index in [0.29, 0.717) is 0 Å². The maximum absolute atomic E-state index is 2.44. The van der Waals surface area contributed by atoms with Crippen LogP contribution in [0.5, 0.6) is 0 Å². The second kappa shape index (κ2) is 16.4. The van der Waals surface area contributed by atoms with Crippen molar-refractivity contribution in [2.24, 2.45) is 0 Å². The quantitative estimate of drug-likeness (QED) is 0.143. The first-order valence-electron chi connectivity index (χ1n) is 22.6. The zero-order valence-electron chi connectivity index (χ0n) is 36.8. The summed E-state index contributed by atoms with van der Waals surface area (Å²) in [6.45, 7) is 4.45. The Kier molecular flexibility index (Phi) is 9.81. The van der Waals surface area contributed by atoms with Crippen LogP contribution in [-0.2, 0) is 0 Å². The number of anilines is 6. The van der Waals surface area contributed by atoms with Gasteiger partial charge in [-0.15, -0.1) is 11.3 Å². The van der Waals surface area contributed by atoms with Crippen molar-refractivity contribution in [3.8, 4) is 27.9 Å². The van der Waals surface area contributed by atoms with Crippen molar-refractivity contribution >= 4 is 87.4 Å². The highest BCUT2D eigenvalue weighted by Crippen LogP contribution is 2.46. The molecule has 0 fully saturated rings. The maximum atomic E-state index is 2.44. The first-order chi connectivity index (χ1) is 32.6. The summed E-state index contributed by atoms with van der Waals surface area (Å²) in [6.07, 6.45) is 0. The largest absolute Gasteiger partial charge is 0.310 e. The molecule has 0 bridgehead atoms. The fourth-order valence-electron chi connectivity index (χ4n) is 9.90. The predicted molar refractivity (Wildman–Crippen MR) is 283 cm³/mol. The van der Waals surface area contributed by atoms with E-state index >= 15 is 0 Å². The van der Waals surface area contributed by atoms with Gasteiger partial charge in [-0.25, -0.2) is 0 Å². The Hall–Kier alpha value is -8.18. The highest BCUT2D eigenvalue weighted by atomic mass is 32.1. The Morgan fingerprint density at radius 3 is 1.65 bits per heavy atom. The van der Waals surface area contributed by atoms with E-state index in [9.17, 15) is 0 Å². The summed E-state index contributed by atoms with van der Waals surface area (Å²) >= 11 is 1.85. The van der Waals surface area contributed by atoms with E-state index in [0.717, 1.165) is 56.5 Å². The van der Waals surface area contributed by atoms with E-state index < -0.39 is 0 Å². The molecule has 0 atom stereocenters. The van der Waals surface area contributed by atoms with Crippen LogP contribution >= 0.6 is 11.3 Å². The number of hydrogen-bond acceptors (Lipinski definition) is 3. The third-order valence-electron chi connectivity index (χ3n) is 13.0. The molecule has 314 valence electrons. The van der Waals surface area contributed by atoms with Gasteiger partial charge in [0.15, 0.2) is 0 Å². The molecule has 0 unspecified atom stereocenters. The highest BCUT2D eigenvalue weighted by molar-refractivity contribution is 7.25. The van der Waals surface area contributed by atoms with Crippen LogP contribution in [0.25, 0.3) is 69.9 Å². The molecule has 12 aromatic rings. The molecule has 0 amide bonds. The van der Waals surface area contributed by atoms with Crippen molar-refractivity contribution in [2.75, 3.05) is 9.80 Å². The van der Waals surface area contributed by atoms with Gasteiger partial charge in [-0.1, -0.05) is 133 Å². The average Bonchev–Trinajstić information content (AvgIpc) is 3.90. The van der Waals surface area contributed by atoms with Gasteiger partial charge < -0.3 is 14.4 Å². The van der Waals surface area contributed by atoms with E-state index in [1.165, 1.54) is 58.7 Å². The molecule has 66 heavy (non-hydrogen) atoms. The molecule has 10 aromatic carbocycles. The number of aryl methyl sites for hydroxylation is 2. The summed E-state index contributed by atoms with van der Waals surface area (Å²) in [4.78, 5) is 4.78. The molecule has 2 heterocycles. The number of rotatable bonds is 9. The number of benzene rings is 10. The van der Waals surface area contributed by atoms with Crippen LogP contribution in [0.2, 0.25) is 0 Å². The molecule has 3 nitrogen and oxygen atoms in total. The Morgan fingerprint density at radius 1 is 0.333 bits per heavy atom. The lowest BCUT2D eigenvalue weighted by Gasteiger charge is -2.28. The first kappa shape index (κ1) is 39.4. The van der Waals surface area contributed by atoms with Gasteiger partial charge in [-0.3, -0.25) is 0 Å². The number of thiophene rings is 1. The molecule has 0 aliphatic rings. The van der Waals surface area contributed by atoms with Crippen LogP contribution in [0.4, 0.5) is 34.1 Å². The molecular formula is C62H45N3S. The number of hydrogen-bond donors (Lipinski definition) is 0. The van der Waals surface area contributed by atoms with Gasteiger partial charge in [0.05, 0.1) is 16.7 Å². The van der Waals surface area contributed by atoms with Crippen LogP contribution in [0.1, 0.15) is 11.1 Å². The number of nitrogens with zero attached hydrogens (tertiary/aromatic N) is 3. The summed E-state index contributed by atoms with van der Waals surface area (Å²) in [5.41, 5.74) is 17.5. The molecule has 12 rings (SSSR count). The smallest absolute Gasteiger partial charge is 0.0561 e. The summed E-state index contributed by atoms with van der Waals surface area (Å²) < 4.78 is 5.05. The Bertz CT molecular complexity index is 3720. The van der Waals surface area contributed by atoms with Gasteiger partial charge in [0, 0.05) is 70.6 Å².